The maximum absolute atomic E-state index is 11.6. The molecule has 4 heteroatoms. The number of nitrogens with one attached hydrogen (secondary N) is 1. The molecule has 78 valence electrons. The van der Waals surface area contributed by atoms with Gasteiger partial charge < -0.3 is 10.2 Å². The van der Waals surface area contributed by atoms with Crippen LogP contribution in [0, 0.1) is 11.3 Å². The zero-order chi connectivity index (χ0) is 10.4. The van der Waals surface area contributed by atoms with Crippen molar-refractivity contribution in [2.24, 2.45) is 0 Å². The molecule has 0 radical (unpaired) electrons. The highest BCUT2D eigenvalue weighted by Gasteiger charge is 2.21. The summed E-state index contributed by atoms with van der Waals surface area (Å²) < 4.78 is 0. The van der Waals surface area contributed by atoms with Gasteiger partial charge in [-0.25, -0.2) is 4.79 Å². The minimum atomic E-state index is -0.0209. The SMILES string of the molecule is CCN(CCC#N)C(=O)NC1CCC1. The lowest BCUT2D eigenvalue weighted by molar-refractivity contribution is 0.190. The zero-order valence-corrected chi connectivity index (χ0v) is 8.62. The van der Waals surface area contributed by atoms with Gasteiger partial charge in [-0.2, -0.15) is 5.26 Å². The van der Waals surface area contributed by atoms with Gasteiger partial charge in [-0.15, -0.1) is 0 Å². The lowest BCUT2D eigenvalue weighted by Crippen LogP contribution is -2.47. The topological polar surface area (TPSA) is 56.1 Å². The molecule has 4 nitrogen and oxygen atoms in total. The van der Waals surface area contributed by atoms with Crippen LogP contribution in [0.5, 0.6) is 0 Å². The molecule has 14 heavy (non-hydrogen) atoms. The summed E-state index contributed by atoms with van der Waals surface area (Å²) in [6, 6.07) is 2.40. The Bertz CT molecular complexity index is 230. The molecule has 0 atom stereocenters. The molecule has 0 aliphatic heterocycles. The monoisotopic (exact) mass is 195 g/mol. The molecule has 1 aliphatic rings. The molecule has 0 aromatic heterocycles. The van der Waals surface area contributed by atoms with Crippen molar-refractivity contribution in [2.75, 3.05) is 13.1 Å². The van der Waals surface area contributed by atoms with Crippen LogP contribution in [0.1, 0.15) is 32.6 Å². The Hall–Kier alpha value is -1.24. The number of nitriles is 1. The second kappa shape index (κ2) is 5.48. The molecule has 1 N–H and O–H groups in total. The lowest BCUT2D eigenvalue weighted by atomic mass is 9.93. The van der Waals surface area contributed by atoms with E-state index in [1.807, 2.05) is 13.0 Å². The zero-order valence-electron chi connectivity index (χ0n) is 8.62. The summed E-state index contributed by atoms with van der Waals surface area (Å²) in [6.07, 6.45) is 3.82. The van der Waals surface area contributed by atoms with Gasteiger partial charge in [-0.05, 0) is 26.2 Å². The number of carbonyl (C=O) groups excluding carboxylic acids is 1. The molecule has 0 unspecified atom stereocenters. The molecule has 1 fully saturated rings. The Morgan fingerprint density at radius 2 is 2.36 bits per heavy atom. The van der Waals surface area contributed by atoms with Crippen molar-refractivity contribution in [3.63, 3.8) is 0 Å². The van der Waals surface area contributed by atoms with E-state index in [-0.39, 0.29) is 6.03 Å². The standard InChI is InChI=1S/C10H17N3O/c1-2-13(8-4-7-11)10(14)12-9-5-3-6-9/h9H,2-6,8H2,1H3,(H,12,14). The minimum Gasteiger partial charge on any atom is -0.335 e. The fourth-order valence-electron chi connectivity index (χ4n) is 1.41. The van der Waals surface area contributed by atoms with Crippen LogP contribution in [0.4, 0.5) is 4.79 Å². The third-order valence-electron chi connectivity index (χ3n) is 2.60. The van der Waals surface area contributed by atoms with Gasteiger partial charge >= 0.3 is 6.03 Å². The summed E-state index contributed by atoms with van der Waals surface area (Å²) in [5, 5.41) is 11.4. The summed E-state index contributed by atoms with van der Waals surface area (Å²) in [5.74, 6) is 0. The van der Waals surface area contributed by atoms with Crippen LogP contribution in [-0.2, 0) is 0 Å². The number of hydrogen-bond acceptors (Lipinski definition) is 2. The van der Waals surface area contributed by atoms with Crippen molar-refractivity contribution in [3.05, 3.63) is 0 Å². The van der Waals surface area contributed by atoms with E-state index in [0.717, 1.165) is 12.8 Å². The Morgan fingerprint density at radius 1 is 1.64 bits per heavy atom. The highest BCUT2D eigenvalue weighted by Crippen LogP contribution is 2.18. The van der Waals surface area contributed by atoms with Gasteiger partial charge in [-0.3, -0.25) is 0 Å². The van der Waals surface area contributed by atoms with Crippen LogP contribution in [-0.4, -0.2) is 30.1 Å². The molecule has 0 heterocycles. The minimum absolute atomic E-state index is 0.0209. The van der Waals surface area contributed by atoms with Crippen molar-refractivity contribution in [1.29, 1.82) is 5.26 Å². The predicted octanol–water partition coefficient (Wildman–Crippen LogP) is 1.48. The molecular formula is C10H17N3O. The third kappa shape index (κ3) is 2.91. The highest BCUT2D eigenvalue weighted by atomic mass is 16.2. The maximum Gasteiger partial charge on any atom is 0.317 e. The van der Waals surface area contributed by atoms with Gasteiger partial charge in [-0.1, -0.05) is 0 Å². The van der Waals surface area contributed by atoms with Gasteiger partial charge in [0.2, 0.25) is 0 Å². The smallest absolute Gasteiger partial charge is 0.317 e. The van der Waals surface area contributed by atoms with Gasteiger partial charge in [0.25, 0.3) is 0 Å². The molecule has 0 spiro atoms. The molecule has 0 aromatic rings. The maximum atomic E-state index is 11.6. The fraction of sp³-hybridized carbons (Fsp3) is 0.800. The molecule has 2 amide bonds. The van der Waals surface area contributed by atoms with E-state index < -0.39 is 0 Å². The summed E-state index contributed by atoms with van der Waals surface area (Å²) in [5.41, 5.74) is 0. The van der Waals surface area contributed by atoms with Crippen molar-refractivity contribution in [2.45, 2.75) is 38.6 Å². The number of nitrogens with zero attached hydrogens (tertiary/aromatic N) is 2. The van der Waals surface area contributed by atoms with Gasteiger partial charge in [0.05, 0.1) is 12.5 Å². The van der Waals surface area contributed by atoms with Gasteiger partial charge in [0.15, 0.2) is 0 Å². The van der Waals surface area contributed by atoms with Crippen LogP contribution in [0.15, 0.2) is 0 Å². The van der Waals surface area contributed by atoms with E-state index in [0.29, 0.717) is 25.6 Å². The van der Waals surface area contributed by atoms with Crippen LogP contribution in [0.25, 0.3) is 0 Å². The molecule has 0 aromatic carbocycles. The van der Waals surface area contributed by atoms with E-state index in [4.69, 9.17) is 5.26 Å². The van der Waals surface area contributed by atoms with E-state index in [1.165, 1.54) is 6.42 Å². The number of amides is 2. The van der Waals surface area contributed by atoms with E-state index in [2.05, 4.69) is 5.32 Å². The number of rotatable bonds is 4. The molecular weight excluding hydrogens is 178 g/mol. The van der Waals surface area contributed by atoms with Crippen LogP contribution in [0.2, 0.25) is 0 Å². The number of urea groups is 1. The summed E-state index contributed by atoms with van der Waals surface area (Å²) in [6.45, 7) is 3.13. The first-order chi connectivity index (χ1) is 6.77. The largest absolute Gasteiger partial charge is 0.335 e. The lowest BCUT2D eigenvalue weighted by Gasteiger charge is -2.29. The average Bonchev–Trinajstić information content (AvgIpc) is 2.13. The Balaban J connectivity index is 2.27. The Kier molecular flexibility index (Phi) is 4.24. The summed E-state index contributed by atoms with van der Waals surface area (Å²) in [4.78, 5) is 13.3. The predicted molar refractivity (Wildman–Crippen MR) is 53.6 cm³/mol. The fourth-order valence-corrected chi connectivity index (χ4v) is 1.41. The van der Waals surface area contributed by atoms with Crippen LogP contribution < -0.4 is 5.32 Å². The van der Waals surface area contributed by atoms with Crippen molar-refractivity contribution in [3.8, 4) is 6.07 Å². The first-order valence-corrected chi connectivity index (χ1v) is 5.20. The Morgan fingerprint density at radius 3 is 2.79 bits per heavy atom. The van der Waals surface area contributed by atoms with Crippen molar-refractivity contribution in [1.82, 2.24) is 10.2 Å². The second-order valence-corrected chi connectivity index (χ2v) is 3.57. The highest BCUT2D eigenvalue weighted by molar-refractivity contribution is 5.74. The summed E-state index contributed by atoms with van der Waals surface area (Å²) in [7, 11) is 0. The van der Waals surface area contributed by atoms with Crippen molar-refractivity contribution >= 4 is 6.03 Å². The average molecular weight is 195 g/mol. The van der Waals surface area contributed by atoms with E-state index in [9.17, 15) is 4.79 Å². The summed E-state index contributed by atoms with van der Waals surface area (Å²) >= 11 is 0. The molecule has 0 bridgehead atoms. The van der Waals surface area contributed by atoms with Crippen LogP contribution >= 0.6 is 0 Å². The van der Waals surface area contributed by atoms with Crippen molar-refractivity contribution < 1.29 is 4.79 Å². The molecule has 1 saturated carbocycles. The number of hydrogen-bond donors (Lipinski definition) is 1. The first kappa shape index (κ1) is 10.8. The first-order valence-electron chi connectivity index (χ1n) is 5.20. The van der Waals surface area contributed by atoms with E-state index >= 15 is 0 Å². The quantitative estimate of drug-likeness (QED) is 0.738. The second-order valence-electron chi connectivity index (χ2n) is 3.57. The van der Waals surface area contributed by atoms with Gasteiger partial charge in [0, 0.05) is 19.1 Å². The third-order valence-corrected chi connectivity index (χ3v) is 2.60. The molecule has 1 aliphatic carbocycles. The van der Waals surface area contributed by atoms with Crippen LogP contribution in [0.3, 0.4) is 0 Å². The molecule has 0 saturated heterocycles. The van der Waals surface area contributed by atoms with E-state index in [1.54, 1.807) is 4.90 Å². The number of carbonyl (C=O) groups is 1. The normalized spacial score (nSPS) is 15.4. The Labute approximate surface area is 84.9 Å². The van der Waals surface area contributed by atoms with Gasteiger partial charge in [0.1, 0.15) is 0 Å². The molecule has 1 rings (SSSR count).